The minimum absolute atomic E-state index is 0.138. The van der Waals surface area contributed by atoms with Crippen molar-refractivity contribution in [3.8, 4) is 11.8 Å². The summed E-state index contributed by atoms with van der Waals surface area (Å²) in [5, 5.41) is 31.3. The zero-order valence-electron chi connectivity index (χ0n) is 17.1. The molecule has 3 unspecified atom stereocenters. The molecule has 1 saturated carbocycles. The van der Waals surface area contributed by atoms with Gasteiger partial charge in [0.2, 0.25) is 0 Å². The normalized spacial score (nSPS) is 24.7. The van der Waals surface area contributed by atoms with Gasteiger partial charge in [-0.25, -0.2) is 0 Å². The summed E-state index contributed by atoms with van der Waals surface area (Å²) in [5.41, 5.74) is 0.710. The molecule has 1 aliphatic rings. The van der Waals surface area contributed by atoms with Gasteiger partial charge in [0.25, 0.3) is 0 Å². The first-order valence-electron chi connectivity index (χ1n) is 10.1. The first kappa shape index (κ1) is 24.2. The van der Waals surface area contributed by atoms with E-state index in [1.54, 1.807) is 36.4 Å². The molecule has 5 nitrogen and oxygen atoms in total. The number of carbonyl (C=O) groups is 1. The number of unbranched alkanes of at least 4 members (excludes halogenated alkanes) is 1. The lowest BCUT2D eigenvalue weighted by Gasteiger charge is -2.19. The van der Waals surface area contributed by atoms with Gasteiger partial charge in [0, 0.05) is 29.3 Å². The molecule has 0 bridgehead atoms. The van der Waals surface area contributed by atoms with E-state index in [9.17, 15) is 20.1 Å². The Morgan fingerprint density at radius 3 is 2.87 bits per heavy atom. The molecule has 0 amide bonds. The molecule has 0 radical (unpaired) electrons. The fraction of sp³-hybridized carbons (Fsp3) is 0.458. The number of hydrogen-bond donors (Lipinski definition) is 3. The number of aliphatic hydroxyl groups excluding tert-OH is 3. The third-order valence-electron chi connectivity index (χ3n) is 5.17. The number of ether oxygens (including phenoxy) is 1. The number of hydrogen-bond acceptors (Lipinski definition) is 5. The molecule has 0 heterocycles. The molecular formula is C24H29ClO5. The van der Waals surface area contributed by atoms with Gasteiger partial charge < -0.3 is 20.1 Å². The van der Waals surface area contributed by atoms with E-state index >= 15 is 0 Å². The van der Waals surface area contributed by atoms with Crippen LogP contribution in [0.15, 0.2) is 48.6 Å². The third-order valence-corrected chi connectivity index (χ3v) is 5.41. The first-order chi connectivity index (χ1) is 14.4. The summed E-state index contributed by atoms with van der Waals surface area (Å²) in [6.07, 6.45) is 7.74. The predicted octanol–water partition coefficient (Wildman–Crippen LogP) is 3.26. The van der Waals surface area contributed by atoms with E-state index in [0.29, 0.717) is 36.3 Å². The molecular weight excluding hydrogens is 404 g/mol. The number of esters is 1. The van der Waals surface area contributed by atoms with Crippen LogP contribution in [0.5, 0.6) is 0 Å². The summed E-state index contributed by atoms with van der Waals surface area (Å²) in [4.78, 5) is 11.1. The second-order valence-electron chi connectivity index (χ2n) is 7.40. The van der Waals surface area contributed by atoms with Gasteiger partial charge in [-0.15, -0.1) is 0 Å². The fourth-order valence-electron chi connectivity index (χ4n) is 3.55. The quantitative estimate of drug-likeness (QED) is 0.254. The average molecular weight is 433 g/mol. The van der Waals surface area contributed by atoms with E-state index in [0.717, 1.165) is 6.42 Å². The second kappa shape index (κ2) is 12.6. The largest absolute Gasteiger partial charge is 0.469 e. The Morgan fingerprint density at radius 1 is 1.33 bits per heavy atom. The molecule has 3 N–H and O–H groups in total. The summed E-state index contributed by atoms with van der Waals surface area (Å²) in [7, 11) is 1.37. The minimum Gasteiger partial charge on any atom is -0.469 e. The lowest BCUT2D eigenvalue weighted by Crippen LogP contribution is -2.20. The van der Waals surface area contributed by atoms with Crippen LogP contribution in [0.4, 0.5) is 0 Å². The number of methoxy groups -OCH3 is 1. The van der Waals surface area contributed by atoms with Crippen molar-refractivity contribution in [2.24, 2.45) is 11.8 Å². The van der Waals surface area contributed by atoms with Crippen LogP contribution >= 0.6 is 11.6 Å². The number of aliphatic hydroxyl groups is 3. The van der Waals surface area contributed by atoms with E-state index in [1.807, 2.05) is 12.2 Å². The molecule has 1 fully saturated rings. The van der Waals surface area contributed by atoms with Crippen LogP contribution in [-0.4, -0.2) is 46.7 Å². The molecule has 0 aromatic heterocycles. The van der Waals surface area contributed by atoms with Crippen LogP contribution < -0.4 is 0 Å². The van der Waals surface area contributed by atoms with Crippen molar-refractivity contribution in [2.45, 2.75) is 50.4 Å². The number of allylic oxidation sites excluding steroid dienone is 2. The Balaban J connectivity index is 1.89. The zero-order chi connectivity index (χ0) is 21.9. The van der Waals surface area contributed by atoms with Crippen LogP contribution in [0.3, 0.4) is 0 Å². The van der Waals surface area contributed by atoms with E-state index in [2.05, 4.69) is 16.6 Å². The molecule has 1 aromatic rings. The van der Waals surface area contributed by atoms with Gasteiger partial charge in [-0.2, -0.15) is 0 Å². The average Bonchev–Trinajstić information content (AvgIpc) is 2.99. The maximum atomic E-state index is 11.1. The van der Waals surface area contributed by atoms with Crippen LogP contribution in [0.25, 0.3) is 0 Å². The van der Waals surface area contributed by atoms with E-state index in [4.69, 9.17) is 11.6 Å². The second-order valence-corrected chi connectivity index (χ2v) is 7.83. The molecule has 2 rings (SSSR count). The first-order valence-corrected chi connectivity index (χ1v) is 10.5. The molecule has 0 saturated heterocycles. The molecule has 5 atom stereocenters. The van der Waals surface area contributed by atoms with Crippen LogP contribution in [0.1, 0.15) is 37.7 Å². The Kier molecular flexibility index (Phi) is 10.1. The molecule has 6 heteroatoms. The van der Waals surface area contributed by atoms with Crippen LogP contribution in [-0.2, 0) is 9.53 Å². The monoisotopic (exact) mass is 432 g/mol. The Hall–Kier alpha value is -2.10. The van der Waals surface area contributed by atoms with Gasteiger partial charge >= 0.3 is 5.97 Å². The fourth-order valence-corrected chi connectivity index (χ4v) is 3.74. The summed E-state index contributed by atoms with van der Waals surface area (Å²) >= 11 is 5.92. The summed E-state index contributed by atoms with van der Waals surface area (Å²) in [6.45, 7) is 0. The van der Waals surface area contributed by atoms with E-state index in [1.165, 1.54) is 7.11 Å². The van der Waals surface area contributed by atoms with Crippen molar-refractivity contribution >= 4 is 17.6 Å². The Labute approximate surface area is 183 Å². The van der Waals surface area contributed by atoms with Gasteiger partial charge in [0.1, 0.15) is 6.10 Å². The third kappa shape index (κ3) is 7.97. The number of rotatable bonds is 8. The van der Waals surface area contributed by atoms with Crippen LogP contribution in [0.2, 0.25) is 5.02 Å². The molecule has 162 valence electrons. The summed E-state index contributed by atoms with van der Waals surface area (Å²) < 4.78 is 4.60. The van der Waals surface area contributed by atoms with Crippen LogP contribution in [0, 0.1) is 23.7 Å². The van der Waals surface area contributed by atoms with Gasteiger partial charge in [0.05, 0.1) is 19.3 Å². The predicted molar refractivity (Wildman–Crippen MR) is 117 cm³/mol. The van der Waals surface area contributed by atoms with E-state index in [-0.39, 0.29) is 17.8 Å². The topological polar surface area (TPSA) is 87.0 Å². The molecule has 1 aliphatic carbocycles. The maximum absolute atomic E-state index is 11.1. The SMILES string of the molecule is COC(=O)CCC/C=C\CC1C(O)CC(O)[C@@H]1/C=C/[C@@H](O)C#Cc1cccc(Cl)c1. The van der Waals surface area contributed by atoms with Crippen molar-refractivity contribution < 1.29 is 24.9 Å². The molecule has 1 aromatic carbocycles. The highest BCUT2D eigenvalue weighted by Gasteiger charge is 2.39. The molecule has 30 heavy (non-hydrogen) atoms. The van der Waals surface area contributed by atoms with Crippen molar-refractivity contribution in [3.63, 3.8) is 0 Å². The van der Waals surface area contributed by atoms with Crippen molar-refractivity contribution in [1.82, 2.24) is 0 Å². The van der Waals surface area contributed by atoms with Gasteiger partial charge in [-0.1, -0.05) is 47.7 Å². The summed E-state index contributed by atoms with van der Waals surface area (Å²) in [5.74, 6) is 4.98. The Bertz CT molecular complexity index is 807. The number of halogens is 1. The number of carbonyl (C=O) groups excluding carboxylic acids is 1. The van der Waals surface area contributed by atoms with E-state index < -0.39 is 18.3 Å². The smallest absolute Gasteiger partial charge is 0.305 e. The standard InChI is InChI=1S/C24H29ClO5/c1-30-24(29)10-5-3-2-4-9-20-21(23(28)16-22(20)27)14-13-19(26)12-11-17-7-6-8-18(25)15-17/h2,4,6-8,13-15,19-23,26-28H,3,5,9-10,16H2,1H3/b4-2-,14-13+/t19-,20?,21+,22?,23?/m0/s1. The minimum atomic E-state index is -0.983. The molecule has 0 aliphatic heterocycles. The lowest BCUT2D eigenvalue weighted by molar-refractivity contribution is -0.140. The van der Waals surface area contributed by atoms with Gasteiger partial charge in [0.15, 0.2) is 0 Å². The summed E-state index contributed by atoms with van der Waals surface area (Å²) in [6, 6.07) is 7.07. The Morgan fingerprint density at radius 2 is 2.13 bits per heavy atom. The molecule has 0 spiro atoms. The van der Waals surface area contributed by atoms with Gasteiger partial charge in [-0.3, -0.25) is 4.79 Å². The maximum Gasteiger partial charge on any atom is 0.305 e. The zero-order valence-corrected chi connectivity index (χ0v) is 17.8. The number of benzene rings is 1. The van der Waals surface area contributed by atoms with Gasteiger partial charge in [-0.05, 0) is 49.5 Å². The highest BCUT2D eigenvalue weighted by molar-refractivity contribution is 6.30. The van der Waals surface area contributed by atoms with Crippen molar-refractivity contribution in [2.75, 3.05) is 7.11 Å². The van der Waals surface area contributed by atoms with Crippen molar-refractivity contribution in [1.29, 1.82) is 0 Å². The highest BCUT2D eigenvalue weighted by Crippen LogP contribution is 2.36. The highest BCUT2D eigenvalue weighted by atomic mass is 35.5. The lowest BCUT2D eigenvalue weighted by atomic mass is 9.89. The van der Waals surface area contributed by atoms with Crippen molar-refractivity contribution in [3.05, 3.63) is 59.2 Å².